The first-order valence-corrected chi connectivity index (χ1v) is 9.77. The number of nitrogens with zero attached hydrogens (tertiary/aromatic N) is 4. The standard InChI is InChI=1S/C21H21ClN4O2/c1-14-23-9-8-18(25-14)21(27)26-10-3-2-7-19(26)20-24-13-17(28-20)12-15-5-4-6-16(22)11-15/h4-6,8-9,11,13,19H,2-3,7,10,12H2,1H3/t19-/m1/s1. The molecule has 0 N–H and O–H groups in total. The van der Waals surface area contributed by atoms with Gasteiger partial charge in [0.1, 0.15) is 23.3 Å². The van der Waals surface area contributed by atoms with Crippen molar-refractivity contribution in [2.45, 2.75) is 38.6 Å². The number of aryl methyl sites for hydroxylation is 1. The van der Waals surface area contributed by atoms with Crippen LogP contribution in [0.2, 0.25) is 5.02 Å². The molecule has 0 spiro atoms. The van der Waals surface area contributed by atoms with Gasteiger partial charge in [-0.15, -0.1) is 0 Å². The van der Waals surface area contributed by atoms with Crippen LogP contribution in [0.5, 0.6) is 0 Å². The number of aromatic nitrogens is 3. The maximum Gasteiger partial charge on any atom is 0.273 e. The first-order valence-electron chi connectivity index (χ1n) is 9.40. The van der Waals surface area contributed by atoms with Crippen molar-refractivity contribution in [2.75, 3.05) is 6.54 Å². The van der Waals surface area contributed by atoms with Crippen molar-refractivity contribution in [3.8, 4) is 0 Å². The summed E-state index contributed by atoms with van der Waals surface area (Å²) in [7, 11) is 0. The van der Waals surface area contributed by atoms with Gasteiger partial charge < -0.3 is 9.32 Å². The molecular formula is C21H21ClN4O2. The number of carbonyl (C=O) groups excluding carboxylic acids is 1. The van der Waals surface area contributed by atoms with E-state index < -0.39 is 0 Å². The largest absolute Gasteiger partial charge is 0.443 e. The molecule has 1 aliphatic rings. The van der Waals surface area contributed by atoms with Gasteiger partial charge >= 0.3 is 0 Å². The quantitative estimate of drug-likeness (QED) is 0.654. The zero-order chi connectivity index (χ0) is 19.5. The molecule has 0 radical (unpaired) electrons. The molecule has 144 valence electrons. The first kappa shape index (κ1) is 18.6. The number of oxazole rings is 1. The van der Waals surface area contributed by atoms with E-state index in [1.54, 1.807) is 25.4 Å². The lowest BCUT2D eigenvalue weighted by Crippen LogP contribution is -2.39. The Kier molecular flexibility index (Phi) is 5.39. The minimum atomic E-state index is -0.176. The lowest BCUT2D eigenvalue weighted by atomic mass is 10.0. The molecule has 1 aliphatic heterocycles. The summed E-state index contributed by atoms with van der Waals surface area (Å²) in [6.45, 7) is 2.44. The molecule has 1 saturated heterocycles. The minimum Gasteiger partial charge on any atom is -0.443 e. The van der Waals surface area contributed by atoms with Gasteiger partial charge in [0.25, 0.3) is 5.91 Å². The predicted octanol–water partition coefficient (Wildman–Crippen LogP) is 4.38. The fourth-order valence-electron chi connectivity index (χ4n) is 3.56. The monoisotopic (exact) mass is 396 g/mol. The van der Waals surface area contributed by atoms with Gasteiger partial charge in [-0.25, -0.2) is 15.0 Å². The molecule has 1 amide bonds. The van der Waals surface area contributed by atoms with Crippen molar-refractivity contribution < 1.29 is 9.21 Å². The summed E-state index contributed by atoms with van der Waals surface area (Å²) < 4.78 is 6.03. The zero-order valence-electron chi connectivity index (χ0n) is 15.6. The number of amides is 1. The Balaban J connectivity index is 1.55. The van der Waals surface area contributed by atoms with Crippen LogP contribution in [-0.2, 0) is 6.42 Å². The summed E-state index contributed by atoms with van der Waals surface area (Å²) in [6.07, 6.45) is 6.78. The topological polar surface area (TPSA) is 72.1 Å². The maximum atomic E-state index is 13.0. The summed E-state index contributed by atoms with van der Waals surface area (Å²) in [6, 6.07) is 9.16. The van der Waals surface area contributed by atoms with Crippen molar-refractivity contribution in [1.29, 1.82) is 0 Å². The van der Waals surface area contributed by atoms with Gasteiger partial charge in [-0.2, -0.15) is 0 Å². The molecule has 0 unspecified atom stereocenters. The number of hydrogen-bond acceptors (Lipinski definition) is 5. The molecule has 0 saturated carbocycles. The Morgan fingerprint density at radius 3 is 3.00 bits per heavy atom. The lowest BCUT2D eigenvalue weighted by Gasteiger charge is -2.33. The third-order valence-corrected chi connectivity index (χ3v) is 5.12. The van der Waals surface area contributed by atoms with Crippen molar-refractivity contribution in [2.24, 2.45) is 0 Å². The minimum absolute atomic E-state index is 0.107. The molecule has 1 atom stereocenters. The number of likely N-dealkylation sites (tertiary alicyclic amines) is 1. The highest BCUT2D eigenvalue weighted by Crippen LogP contribution is 2.32. The summed E-state index contributed by atoms with van der Waals surface area (Å²) in [4.78, 5) is 27.7. The SMILES string of the molecule is Cc1nccc(C(=O)N2CCCC[C@@H]2c2ncc(Cc3cccc(Cl)c3)o2)n1. The lowest BCUT2D eigenvalue weighted by molar-refractivity contribution is 0.0563. The third-order valence-electron chi connectivity index (χ3n) is 4.88. The van der Waals surface area contributed by atoms with Crippen LogP contribution in [0.3, 0.4) is 0 Å². The van der Waals surface area contributed by atoms with Gasteiger partial charge in [-0.1, -0.05) is 23.7 Å². The fraction of sp³-hybridized carbons (Fsp3) is 0.333. The Labute approximate surface area is 168 Å². The molecule has 0 bridgehead atoms. The van der Waals surface area contributed by atoms with Gasteiger partial charge in [0.05, 0.1) is 6.20 Å². The Morgan fingerprint density at radius 2 is 2.18 bits per heavy atom. The zero-order valence-corrected chi connectivity index (χ0v) is 16.4. The molecular weight excluding hydrogens is 376 g/mol. The summed E-state index contributed by atoms with van der Waals surface area (Å²) in [5, 5.41) is 0.696. The van der Waals surface area contributed by atoms with Crippen molar-refractivity contribution in [3.05, 3.63) is 76.5 Å². The molecule has 1 aromatic carbocycles. The van der Waals surface area contributed by atoms with E-state index in [-0.39, 0.29) is 11.9 Å². The van der Waals surface area contributed by atoms with E-state index in [9.17, 15) is 4.79 Å². The van der Waals surface area contributed by atoms with Crippen LogP contribution in [0.25, 0.3) is 0 Å². The molecule has 2 aromatic heterocycles. The number of halogens is 1. The molecule has 6 nitrogen and oxygen atoms in total. The van der Waals surface area contributed by atoms with E-state index in [0.29, 0.717) is 35.4 Å². The predicted molar refractivity (Wildman–Crippen MR) is 105 cm³/mol. The summed E-state index contributed by atoms with van der Waals surface area (Å²) in [5.74, 6) is 1.81. The number of hydrogen-bond donors (Lipinski definition) is 0. The second kappa shape index (κ2) is 8.10. The second-order valence-electron chi connectivity index (χ2n) is 6.97. The van der Waals surface area contributed by atoms with E-state index in [0.717, 1.165) is 30.6 Å². The molecule has 28 heavy (non-hydrogen) atoms. The highest BCUT2D eigenvalue weighted by Gasteiger charge is 2.32. The van der Waals surface area contributed by atoms with Crippen LogP contribution in [0.15, 0.2) is 47.1 Å². The van der Waals surface area contributed by atoms with E-state index in [4.69, 9.17) is 16.0 Å². The van der Waals surface area contributed by atoms with Gasteiger partial charge in [0.2, 0.25) is 5.89 Å². The molecule has 1 fully saturated rings. The first-order chi connectivity index (χ1) is 13.6. The number of piperidine rings is 1. The molecule has 3 heterocycles. The van der Waals surface area contributed by atoms with E-state index in [1.807, 2.05) is 29.2 Å². The van der Waals surface area contributed by atoms with E-state index in [2.05, 4.69) is 15.0 Å². The fourth-order valence-corrected chi connectivity index (χ4v) is 3.77. The van der Waals surface area contributed by atoms with Gasteiger partial charge in [-0.05, 0) is 49.9 Å². The van der Waals surface area contributed by atoms with E-state index in [1.165, 1.54) is 0 Å². The summed E-state index contributed by atoms with van der Waals surface area (Å²) >= 11 is 6.06. The molecule has 7 heteroatoms. The molecule has 3 aromatic rings. The smallest absolute Gasteiger partial charge is 0.273 e. The average Bonchev–Trinajstić information content (AvgIpc) is 3.16. The maximum absolute atomic E-state index is 13.0. The van der Waals surface area contributed by atoms with Crippen molar-refractivity contribution in [1.82, 2.24) is 19.9 Å². The summed E-state index contributed by atoms with van der Waals surface area (Å²) in [5.41, 5.74) is 1.47. The third kappa shape index (κ3) is 4.07. The highest BCUT2D eigenvalue weighted by atomic mass is 35.5. The Morgan fingerprint density at radius 1 is 1.29 bits per heavy atom. The van der Waals surface area contributed by atoms with Gasteiger partial charge in [-0.3, -0.25) is 4.79 Å². The van der Waals surface area contributed by atoms with E-state index >= 15 is 0 Å². The van der Waals surface area contributed by atoms with Gasteiger partial charge in [0.15, 0.2) is 0 Å². The Hall–Kier alpha value is -2.73. The number of rotatable bonds is 4. The second-order valence-corrected chi connectivity index (χ2v) is 7.41. The van der Waals surface area contributed by atoms with Gasteiger partial charge in [0, 0.05) is 24.2 Å². The van der Waals surface area contributed by atoms with Crippen molar-refractivity contribution in [3.63, 3.8) is 0 Å². The van der Waals surface area contributed by atoms with Crippen LogP contribution in [0.1, 0.15) is 58.8 Å². The van der Waals surface area contributed by atoms with Crippen molar-refractivity contribution >= 4 is 17.5 Å². The van der Waals surface area contributed by atoms with Crippen LogP contribution < -0.4 is 0 Å². The normalized spacial score (nSPS) is 16.9. The number of carbonyl (C=O) groups is 1. The van der Waals surface area contributed by atoms with Crippen LogP contribution in [-0.4, -0.2) is 32.3 Å². The average molecular weight is 397 g/mol. The molecule has 4 rings (SSSR count). The van der Waals surface area contributed by atoms with Crippen LogP contribution in [0.4, 0.5) is 0 Å². The highest BCUT2D eigenvalue weighted by molar-refractivity contribution is 6.30. The molecule has 0 aliphatic carbocycles. The Bertz CT molecular complexity index is 988. The van der Waals surface area contributed by atoms with Crippen LogP contribution in [0, 0.1) is 6.92 Å². The van der Waals surface area contributed by atoms with Crippen LogP contribution >= 0.6 is 11.6 Å². The number of benzene rings is 1.